The van der Waals surface area contributed by atoms with Crippen LogP contribution >= 0.6 is 24.0 Å². The first-order valence-electron chi connectivity index (χ1n) is 6.34. The second-order valence-electron chi connectivity index (χ2n) is 4.50. The molecular weight excluding hydrogens is 355 g/mol. The first-order chi connectivity index (χ1) is 8.78. The molecule has 1 aliphatic carbocycles. The SMILES string of the molecule is COc1cccc(CN=C(N)NC2CCCC2)n1.I. The van der Waals surface area contributed by atoms with Crippen LogP contribution in [-0.4, -0.2) is 24.1 Å². The number of hydrogen-bond donors (Lipinski definition) is 2. The van der Waals surface area contributed by atoms with Gasteiger partial charge < -0.3 is 15.8 Å². The lowest BCUT2D eigenvalue weighted by Gasteiger charge is -2.12. The molecule has 2 rings (SSSR count). The first kappa shape index (κ1) is 16.0. The predicted octanol–water partition coefficient (Wildman–Crippen LogP) is 2.06. The van der Waals surface area contributed by atoms with Crippen molar-refractivity contribution in [3.8, 4) is 5.88 Å². The van der Waals surface area contributed by atoms with Crippen molar-refractivity contribution in [1.29, 1.82) is 0 Å². The number of ether oxygens (including phenoxy) is 1. The highest BCUT2D eigenvalue weighted by atomic mass is 127. The Morgan fingerprint density at radius 1 is 1.47 bits per heavy atom. The largest absolute Gasteiger partial charge is 0.481 e. The van der Waals surface area contributed by atoms with Gasteiger partial charge in [0.1, 0.15) is 0 Å². The number of guanidine groups is 1. The molecular formula is C13H21IN4O. The van der Waals surface area contributed by atoms with Gasteiger partial charge in [-0.1, -0.05) is 18.9 Å². The van der Waals surface area contributed by atoms with Crippen LogP contribution in [0.2, 0.25) is 0 Å². The summed E-state index contributed by atoms with van der Waals surface area (Å²) in [7, 11) is 1.60. The second kappa shape index (κ2) is 8.19. The summed E-state index contributed by atoms with van der Waals surface area (Å²) < 4.78 is 5.06. The van der Waals surface area contributed by atoms with E-state index in [1.54, 1.807) is 7.11 Å². The molecule has 1 aromatic rings. The van der Waals surface area contributed by atoms with E-state index in [0.29, 0.717) is 24.4 Å². The van der Waals surface area contributed by atoms with E-state index in [2.05, 4.69) is 15.3 Å². The number of nitrogens with two attached hydrogens (primary N) is 1. The van der Waals surface area contributed by atoms with Crippen molar-refractivity contribution < 1.29 is 4.74 Å². The summed E-state index contributed by atoms with van der Waals surface area (Å²) in [6, 6.07) is 6.12. The van der Waals surface area contributed by atoms with E-state index < -0.39 is 0 Å². The molecule has 0 unspecified atom stereocenters. The van der Waals surface area contributed by atoms with Gasteiger partial charge in [-0.15, -0.1) is 24.0 Å². The molecule has 0 aliphatic heterocycles. The predicted molar refractivity (Wildman–Crippen MR) is 86.9 cm³/mol. The molecule has 0 aromatic carbocycles. The number of halogens is 1. The second-order valence-corrected chi connectivity index (χ2v) is 4.50. The van der Waals surface area contributed by atoms with E-state index >= 15 is 0 Å². The van der Waals surface area contributed by atoms with Gasteiger partial charge in [-0.2, -0.15) is 0 Å². The third kappa shape index (κ3) is 5.22. The van der Waals surface area contributed by atoms with Gasteiger partial charge in [0, 0.05) is 12.1 Å². The number of nitrogens with zero attached hydrogens (tertiary/aromatic N) is 2. The standard InChI is InChI=1S/C13H20N4O.HI/c1-18-12-8-4-7-11(16-12)9-15-13(14)17-10-5-2-3-6-10;/h4,7-8,10H,2-3,5-6,9H2,1H3,(H3,14,15,17);1H. The van der Waals surface area contributed by atoms with Crippen molar-refractivity contribution in [2.75, 3.05) is 7.11 Å². The molecule has 0 saturated heterocycles. The zero-order valence-electron chi connectivity index (χ0n) is 11.1. The molecule has 0 amide bonds. The summed E-state index contributed by atoms with van der Waals surface area (Å²) in [6.45, 7) is 0.475. The van der Waals surface area contributed by atoms with Crippen LogP contribution in [-0.2, 0) is 6.54 Å². The zero-order valence-corrected chi connectivity index (χ0v) is 13.5. The molecule has 3 N–H and O–H groups in total. The van der Waals surface area contributed by atoms with Gasteiger partial charge in [0.2, 0.25) is 5.88 Å². The fraction of sp³-hybridized carbons (Fsp3) is 0.538. The number of hydrogen-bond acceptors (Lipinski definition) is 3. The quantitative estimate of drug-likeness (QED) is 0.479. The topological polar surface area (TPSA) is 72.5 Å². The van der Waals surface area contributed by atoms with Crippen LogP contribution in [0.5, 0.6) is 5.88 Å². The molecule has 0 radical (unpaired) electrons. The summed E-state index contributed by atoms with van der Waals surface area (Å²) in [5, 5.41) is 3.25. The number of nitrogens with one attached hydrogen (secondary N) is 1. The van der Waals surface area contributed by atoms with Crippen molar-refractivity contribution in [2.24, 2.45) is 10.7 Å². The van der Waals surface area contributed by atoms with Crippen molar-refractivity contribution in [2.45, 2.75) is 38.3 Å². The summed E-state index contributed by atoms with van der Waals surface area (Å²) in [5.41, 5.74) is 6.70. The van der Waals surface area contributed by atoms with Gasteiger partial charge in [0.15, 0.2) is 5.96 Å². The fourth-order valence-electron chi connectivity index (χ4n) is 2.15. The molecule has 1 aliphatic rings. The van der Waals surface area contributed by atoms with Crippen LogP contribution in [0.1, 0.15) is 31.4 Å². The molecule has 1 saturated carbocycles. The van der Waals surface area contributed by atoms with Crippen LogP contribution in [0.15, 0.2) is 23.2 Å². The summed E-state index contributed by atoms with van der Waals surface area (Å²) in [6.07, 6.45) is 4.94. The Kier molecular flexibility index (Phi) is 6.90. The fourth-order valence-corrected chi connectivity index (χ4v) is 2.15. The molecule has 106 valence electrons. The van der Waals surface area contributed by atoms with Gasteiger partial charge in [-0.05, 0) is 18.9 Å². The number of methoxy groups -OCH3 is 1. The minimum Gasteiger partial charge on any atom is -0.481 e. The van der Waals surface area contributed by atoms with E-state index in [0.717, 1.165) is 5.69 Å². The minimum atomic E-state index is 0. The van der Waals surface area contributed by atoms with E-state index in [-0.39, 0.29) is 24.0 Å². The number of aromatic nitrogens is 1. The molecule has 6 heteroatoms. The molecule has 1 fully saturated rings. The minimum absolute atomic E-state index is 0. The molecule has 0 atom stereocenters. The maximum atomic E-state index is 5.85. The van der Waals surface area contributed by atoms with Crippen LogP contribution in [0.4, 0.5) is 0 Å². The molecule has 19 heavy (non-hydrogen) atoms. The van der Waals surface area contributed by atoms with Gasteiger partial charge in [0.05, 0.1) is 19.3 Å². The smallest absolute Gasteiger partial charge is 0.213 e. The third-order valence-corrected chi connectivity index (χ3v) is 3.11. The highest BCUT2D eigenvalue weighted by Crippen LogP contribution is 2.17. The van der Waals surface area contributed by atoms with E-state index in [9.17, 15) is 0 Å². The zero-order chi connectivity index (χ0) is 12.8. The highest BCUT2D eigenvalue weighted by Gasteiger charge is 2.14. The Bertz CT molecular complexity index is 419. The van der Waals surface area contributed by atoms with Crippen LogP contribution < -0.4 is 15.8 Å². The van der Waals surface area contributed by atoms with E-state index in [1.165, 1.54) is 25.7 Å². The Morgan fingerprint density at radius 2 is 2.21 bits per heavy atom. The maximum Gasteiger partial charge on any atom is 0.213 e. The average Bonchev–Trinajstić information content (AvgIpc) is 2.89. The molecule has 5 nitrogen and oxygen atoms in total. The maximum absolute atomic E-state index is 5.85. The molecule has 1 heterocycles. The normalized spacial score (nSPS) is 15.9. The lowest BCUT2D eigenvalue weighted by Crippen LogP contribution is -2.38. The van der Waals surface area contributed by atoms with Gasteiger partial charge in [0.25, 0.3) is 0 Å². The summed E-state index contributed by atoms with van der Waals surface area (Å²) in [4.78, 5) is 8.58. The van der Waals surface area contributed by atoms with Gasteiger partial charge in [-0.3, -0.25) is 0 Å². The molecule has 1 aromatic heterocycles. The van der Waals surface area contributed by atoms with Crippen molar-refractivity contribution in [3.63, 3.8) is 0 Å². The lowest BCUT2D eigenvalue weighted by atomic mass is 10.2. The number of aliphatic imine (C=N–C) groups is 1. The number of rotatable bonds is 4. The van der Waals surface area contributed by atoms with Crippen molar-refractivity contribution in [1.82, 2.24) is 10.3 Å². The van der Waals surface area contributed by atoms with Gasteiger partial charge in [-0.25, -0.2) is 9.98 Å². The van der Waals surface area contributed by atoms with Crippen molar-refractivity contribution >= 4 is 29.9 Å². The third-order valence-electron chi connectivity index (χ3n) is 3.11. The van der Waals surface area contributed by atoms with Crippen LogP contribution in [0.3, 0.4) is 0 Å². The Hall–Kier alpha value is -1.05. The molecule has 0 spiro atoms. The Balaban J connectivity index is 0.00000180. The first-order valence-corrected chi connectivity index (χ1v) is 6.34. The van der Waals surface area contributed by atoms with E-state index in [4.69, 9.17) is 10.5 Å². The molecule has 0 bridgehead atoms. The Labute approximate surface area is 131 Å². The highest BCUT2D eigenvalue weighted by molar-refractivity contribution is 14.0. The summed E-state index contributed by atoms with van der Waals surface area (Å²) >= 11 is 0. The van der Waals surface area contributed by atoms with Crippen LogP contribution in [0, 0.1) is 0 Å². The number of pyridine rings is 1. The summed E-state index contributed by atoms with van der Waals surface area (Å²) in [5.74, 6) is 1.11. The van der Waals surface area contributed by atoms with E-state index in [1.807, 2.05) is 18.2 Å². The Morgan fingerprint density at radius 3 is 2.89 bits per heavy atom. The lowest BCUT2D eigenvalue weighted by molar-refractivity contribution is 0.396. The average molecular weight is 376 g/mol. The monoisotopic (exact) mass is 376 g/mol. The van der Waals surface area contributed by atoms with Gasteiger partial charge >= 0.3 is 0 Å². The van der Waals surface area contributed by atoms with Crippen LogP contribution in [0.25, 0.3) is 0 Å². The van der Waals surface area contributed by atoms with Crippen molar-refractivity contribution in [3.05, 3.63) is 23.9 Å².